The Hall–Kier alpha value is -2.57. The van der Waals surface area contributed by atoms with Gasteiger partial charge in [-0.3, -0.25) is 9.69 Å². The van der Waals surface area contributed by atoms with Crippen molar-refractivity contribution in [3.8, 4) is 0 Å². The summed E-state index contributed by atoms with van der Waals surface area (Å²) >= 11 is 19.3. The highest BCUT2D eigenvalue weighted by Gasteiger charge is 2.33. The van der Waals surface area contributed by atoms with Crippen LogP contribution in [0.4, 0.5) is 5.69 Å². The van der Waals surface area contributed by atoms with E-state index in [0.717, 1.165) is 33.3 Å². The third-order valence-electron chi connectivity index (χ3n) is 5.52. The summed E-state index contributed by atoms with van der Waals surface area (Å²) in [4.78, 5) is 15.5. The van der Waals surface area contributed by atoms with Crippen LogP contribution in [0.3, 0.4) is 0 Å². The van der Waals surface area contributed by atoms with Crippen LogP contribution in [0.2, 0.25) is 10.0 Å². The smallest absolute Gasteiger partial charge is 0.270 e. The number of halogens is 2. The highest BCUT2D eigenvalue weighted by Crippen LogP contribution is 2.37. The summed E-state index contributed by atoms with van der Waals surface area (Å²) in [6.45, 7) is 2.59. The van der Waals surface area contributed by atoms with Crippen molar-refractivity contribution < 1.29 is 4.79 Å². The molecule has 0 atom stereocenters. The highest BCUT2D eigenvalue weighted by molar-refractivity contribution is 8.27. The van der Waals surface area contributed by atoms with Crippen LogP contribution in [0.1, 0.15) is 16.7 Å². The van der Waals surface area contributed by atoms with Crippen molar-refractivity contribution in [3.63, 3.8) is 0 Å². The van der Waals surface area contributed by atoms with Crippen LogP contribution in [0, 0.1) is 6.92 Å². The second-order valence-corrected chi connectivity index (χ2v) is 10.3. The zero-order valence-electron chi connectivity index (χ0n) is 17.6. The van der Waals surface area contributed by atoms with Gasteiger partial charge in [-0.15, -0.1) is 0 Å². The number of fused-ring (bicyclic) bond motifs is 1. The largest absolute Gasteiger partial charge is 0.342 e. The normalized spacial score (nSPS) is 15.2. The molecule has 7 heteroatoms. The molecule has 4 aromatic rings. The highest BCUT2D eigenvalue weighted by atomic mass is 35.5. The summed E-state index contributed by atoms with van der Waals surface area (Å²) in [6, 6.07) is 21.5. The first kappa shape index (κ1) is 22.2. The first-order valence-corrected chi connectivity index (χ1v) is 12.3. The molecule has 0 aliphatic carbocycles. The average molecular weight is 509 g/mol. The number of aryl methyl sites for hydroxylation is 1. The van der Waals surface area contributed by atoms with Crippen molar-refractivity contribution in [2.75, 3.05) is 4.90 Å². The van der Waals surface area contributed by atoms with E-state index in [9.17, 15) is 4.79 Å². The Labute approximate surface area is 211 Å². The van der Waals surface area contributed by atoms with E-state index in [-0.39, 0.29) is 5.91 Å². The Kier molecular flexibility index (Phi) is 6.06. The minimum atomic E-state index is -0.104. The van der Waals surface area contributed by atoms with Crippen LogP contribution in [-0.4, -0.2) is 14.8 Å². The van der Waals surface area contributed by atoms with Gasteiger partial charge >= 0.3 is 0 Å². The van der Waals surface area contributed by atoms with Gasteiger partial charge in [0.1, 0.15) is 0 Å². The average Bonchev–Trinajstić information content (AvgIpc) is 3.27. The molecule has 1 aliphatic rings. The number of benzene rings is 3. The summed E-state index contributed by atoms with van der Waals surface area (Å²) in [7, 11) is 0. The number of carbonyl (C=O) groups excluding carboxylic acids is 1. The third-order valence-corrected chi connectivity index (χ3v) is 7.40. The molecule has 3 nitrogen and oxygen atoms in total. The van der Waals surface area contributed by atoms with Crippen molar-refractivity contribution in [2.24, 2.45) is 0 Å². The topological polar surface area (TPSA) is 25.2 Å². The Morgan fingerprint density at radius 2 is 1.85 bits per heavy atom. The summed E-state index contributed by atoms with van der Waals surface area (Å²) in [6.07, 6.45) is 3.98. The lowest BCUT2D eigenvalue weighted by molar-refractivity contribution is -0.113. The van der Waals surface area contributed by atoms with Crippen molar-refractivity contribution >= 4 is 80.1 Å². The minimum absolute atomic E-state index is 0.104. The molecule has 1 aliphatic heterocycles. The Morgan fingerprint density at radius 1 is 1.03 bits per heavy atom. The van der Waals surface area contributed by atoms with E-state index >= 15 is 0 Å². The van der Waals surface area contributed by atoms with Gasteiger partial charge in [-0.25, -0.2) is 0 Å². The monoisotopic (exact) mass is 508 g/mol. The van der Waals surface area contributed by atoms with Crippen molar-refractivity contribution in [1.29, 1.82) is 0 Å². The van der Waals surface area contributed by atoms with Crippen LogP contribution in [0.5, 0.6) is 0 Å². The molecule has 2 heterocycles. The Balaban J connectivity index is 1.53. The summed E-state index contributed by atoms with van der Waals surface area (Å²) in [5, 5.41) is 2.29. The molecule has 0 bridgehead atoms. The van der Waals surface area contributed by atoms with Gasteiger partial charge in [-0.2, -0.15) is 0 Å². The molecule has 1 saturated heterocycles. The van der Waals surface area contributed by atoms with Gasteiger partial charge in [0.05, 0.1) is 10.6 Å². The first-order valence-electron chi connectivity index (χ1n) is 10.3. The molecule has 0 saturated carbocycles. The predicted octanol–water partition coefficient (Wildman–Crippen LogP) is 7.71. The Morgan fingerprint density at radius 3 is 2.64 bits per heavy atom. The third kappa shape index (κ3) is 4.34. The molecule has 1 fully saturated rings. The maximum atomic E-state index is 13.3. The predicted molar refractivity (Wildman–Crippen MR) is 144 cm³/mol. The molecule has 33 heavy (non-hydrogen) atoms. The van der Waals surface area contributed by atoms with Crippen LogP contribution >= 0.6 is 47.2 Å². The molecule has 0 radical (unpaired) electrons. The quantitative estimate of drug-likeness (QED) is 0.208. The van der Waals surface area contributed by atoms with E-state index < -0.39 is 0 Å². The number of thiocarbonyl (C=S) groups is 1. The van der Waals surface area contributed by atoms with E-state index in [1.54, 1.807) is 11.0 Å². The molecule has 3 aromatic carbocycles. The van der Waals surface area contributed by atoms with Gasteiger partial charge < -0.3 is 4.57 Å². The minimum Gasteiger partial charge on any atom is -0.342 e. The summed E-state index contributed by atoms with van der Waals surface area (Å²) < 4.78 is 2.67. The number of hydrogen-bond donors (Lipinski definition) is 0. The number of carbonyl (C=O) groups is 1. The van der Waals surface area contributed by atoms with E-state index in [2.05, 4.69) is 22.9 Å². The van der Waals surface area contributed by atoms with Gasteiger partial charge in [-0.1, -0.05) is 83.6 Å². The van der Waals surface area contributed by atoms with Crippen LogP contribution < -0.4 is 4.90 Å². The number of thioether (sulfide) groups is 1. The van der Waals surface area contributed by atoms with Crippen LogP contribution in [-0.2, 0) is 11.3 Å². The fraction of sp³-hybridized carbons (Fsp3) is 0.0769. The van der Waals surface area contributed by atoms with Crippen molar-refractivity contribution in [1.82, 2.24) is 4.57 Å². The second-order valence-electron chi connectivity index (χ2n) is 7.82. The zero-order valence-corrected chi connectivity index (χ0v) is 20.7. The molecule has 1 aromatic heterocycles. The molecule has 5 rings (SSSR count). The zero-order chi connectivity index (χ0) is 23.1. The van der Waals surface area contributed by atoms with Gasteiger partial charge in [0.25, 0.3) is 5.91 Å². The first-order chi connectivity index (χ1) is 15.9. The van der Waals surface area contributed by atoms with Gasteiger partial charge in [0, 0.05) is 39.3 Å². The number of rotatable bonds is 4. The lowest BCUT2D eigenvalue weighted by atomic mass is 10.1. The SMILES string of the molecule is Cc1cccc(N2C(=O)/C(=C/c3cn(Cc4ccc(Cl)cc4Cl)c4ccccc34)SC2=S)c1. The van der Waals surface area contributed by atoms with E-state index in [1.165, 1.54) is 11.8 Å². The number of anilines is 1. The van der Waals surface area contributed by atoms with Crippen molar-refractivity contribution in [2.45, 2.75) is 13.5 Å². The fourth-order valence-corrected chi connectivity index (χ4v) is 5.71. The molecule has 0 unspecified atom stereocenters. The van der Waals surface area contributed by atoms with Crippen LogP contribution in [0.15, 0.2) is 77.8 Å². The number of hydrogen-bond acceptors (Lipinski definition) is 3. The molecule has 0 N–H and O–H groups in total. The van der Waals surface area contributed by atoms with Gasteiger partial charge in [0.15, 0.2) is 4.32 Å². The van der Waals surface area contributed by atoms with E-state index in [4.69, 9.17) is 35.4 Å². The lowest BCUT2D eigenvalue weighted by Gasteiger charge is -2.14. The van der Waals surface area contributed by atoms with Crippen molar-refractivity contribution in [3.05, 3.63) is 105 Å². The summed E-state index contributed by atoms with van der Waals surface area (Å²) in [5.74, 6) is -0.104. The van der Waals surface area contributed by atoms with E-state index in [1.807, 2.05) is 61.5 Å². The summed E-state index contributed by atoms with van der Waals surface area (Å²) in [5.41, 5.74) is 4.86. The molecular weight excluding hydrogens is 491 g/mol. The van der Waals surface area contributed by atoms with Crippen LogP contribution in [0.25, 0.3) is 17.0 Å². The van der Waals surface area contributed by atoms with Gasteiger partial charge in [0.2, 0.25) is 0 Å². The standard InChI is InChI=1S/C26H18Cl2N2OS2/c1-16-5-4-6-20(11-16)30-25(31)24(33-26(30)32)12-18-15-29(23-8-3-2-7-21(18)23)14-17-9-10-19(27)13-22(17)28/h2-13,15H,14H2,1H3/b24-12-. The maximum absolute atomic E-state index is 13.3. The number of para-hydroxylation sites is 1. The molecule has 0 spiro atoms. The lowest BCUT2D eigenvalue weighted by Crippen LogP contribution is -2.27. The fourth-order valence-electron chi connectivity index (χ4n) is 3.95. The molecule has 164 valence electrons. The molecule has 1 amide bonds. The van der Waals surface area contributed by atoms with E-state index in [0.29, 0.717) is 25.8 Å². The maximum Gasteiger partial charge on any atom is 0.270 e. The second kappa shape index (κ2) is 8.99. The molecular formula is C26H18Cl2N2OS2. The number of nitrogens with zero attached hydrogens (tertiary/aromatic N) is 2. The van der Waals surface area contributed by atoms with Gasteiger partial charge in [-0.05, 0) is 54.5 Å². The Bertz CT molecular complexity index is 1460. The number of aromatic nitrogens is 1. The number of amides is 1.